The van der Waals surface area contributed by atoms with E-state index in [1.807, 2.05) is 0 Å². The maximum atomic E-state index is 13.3. The second kappa shape index (κ2) is 4.79. The van der Waals surface area contributed by atoms with Gasteiger partial charge in [0.1, 0.15) is 11.6 Å². The number of halogens is 2. The molecule has 1 N–H and O–H groups in total. The molecule has 0 bridgehead atoms. The minimum atomic E-state index is -0.761. The first-order valence-electron chi connectivity index (χ1n) is 5.03. The van der Waals surface area contributed by atoms with Crippen LogP contribution in [0.15, 0.2) is 42.5 Å². The lowest BCUT2D eigenvalue weighted by Gasteiger charge is -2.07. The molecule has 0 aliphatic rings. The third-order valence-electron chi connectivity index (χ3n) is 2.25. The van der Waals surface area contributed by atoms with Gasteiger partial charge in [-0.3, -0.25) is 10.1 Å². The first kappa shape index (κ1) is 12.0. The van der Waals surface area contributed by atoms with Crippen LogP contribution in [0.3, 0.4) is 0 Å². The Morgan fingerprint density at radius 3 is 2.50 bits per heavy atom. The van der Waals surface area contributed by atoms with Crippen LogP contribution in [0.2, 0.25) is 0 Å². The quantitative estimate of drug-likeness (QED) is 0.668. The fourth-order valence-corrected chi connectivity index (χ4v) is 1.47. The van der Waals surface area contributed by atoms with Crippen LogP contribution in [0.1, 0.15) is 0 Å². The molecule has 2 rings (SSSR count). The number of rotatable bonds is 3. The topological polar surface area (TPSA) is 55.2 Å². The van der Waals surface area contributed by atoms with Gasteiger partial charge in [-0.2, -0.15) is 0 Å². The Bertz CT molecular complexity index is 602. The van der Waals surface area contributed by atoms with Crippen molar-refractivity contribution < 1.29 is 13.7 Å². The summed E-state index contributed by atoms with van der Waals surface area (Å²) in [6.45, 7) is 0. The summed E-state index contributed by atoms with van der Waals surface area (Å²) >= 11 is 0. The molecule has 6 heteroatoms. The monoisotopic (exact) mass is 250 g/mol. The number of hydrogen-bond acceptors (Lipinski definition) is 3. The number of para-hydroxylation sites is 1. The maximum absolute atomic E-state index is 13.3. The first-order chi connectivity index (χ1) is 8.56. The Kier molecular flexibility index (Phi) is 3.18. The molecule has 18 heavy (non-hydrogen) atoms. The summed E-state index contributed by atoms with van der Waals surface area (Å²) in [6.07, 6.45) is 0. The summed E-state index contributed by atoms with van der Waals surface area (Å²) in [4.78, 5) is 9.85. The molecule has 0 heterocycles. The smallest absolute Gasteiger partial charge is 0.274 e. The lowest BCUT2D eigenvalue weighted by atomic mass is 10.2. The van der Waals surface area contributed by atoms with Gasteiger partial charge in [0.15, 0.2) is 0 Å². The number of benzene rings is 2. The number of anilines is 2. The second-order valence-electron chi connectivity index (χ2n) is 3.56. The normalized spacial score (nSPS) is 10.1. The van der Waals surface area contributed by atoms with E-state index in [1.165, 1.54) is 18.2 Å². The van der Waals surface area contributed by atoms with Crippen LogP contribution in [0.4, 0.5) is 25.8 Å². The Morgan fingerprint density at radius 1 is 1.11 bits per heavy atom. The van der Waals surface area contributed by atoms with E-state index in [0.29, 0.717) is 0 Å². The van der Waals surface area contributed by atoms with E-state index in [4.69, 9.17) is 0 Å². The van der Waals surface area contributed by atoms with Gasteiger partial charge in [0.25, 0.3) is 5.69 Å². The maximum Gasteiger partial charge on any atom is 0.274 e. The molecule has 0 amide bonds. The van der Waals surface area contributed by atoms with Crippen LogP contribution >= 0.6 is 0 Å². The molecule has 0 unspecified atom stereocenters. The van der Waals surface area contributed by atoms with Gasteiger partial charge in [-0.1, -0.05) is 12.1 Å². The van der Waals surface area contributed by atoms with E-state index in [2.05, 4.69) is 5.32 Å². The van der Waals surface area contributed by atoms with Crippen molar-refractivity contribution in [1.82, 2.24) is 0 Å². The van der Waals surface area contributed by atoms with E-state index < -0.39 is 22.2 Å². The Labute approximate surface area is 101 Å². The molecule has 0 aliphatic heterocycles. The van der Waals surface area contributed by atoms with Crippen LogP contribution < -0.4 is 5.32 Å². The highest BCUT2D eigenvalue weighted by Crippen LogP contribution is 2.24. The average molecular weight is 250 g/mol. The van der Waals surface area contributed by atoms with Crippen molar-refractivity contribution in [3.8, 4) is 0 Å². The highest BCUT2D eigenvalue weighted by atomic mass is 19.1. The van der Waals surface area contributed by atoms with Gasteiger partial charge >= 0.3 is 0 Å². The predicted octanol–water partition coefficient (Wildman–Crippen LogP) is 3.62. The Morgan fingerprint density at radius 2 is 1.83 bits per heavy atom. The third kappa shape index (κ3) is 2.60. The van der Waals surface area contributed by atoms with Crippen molar-refractivity contribution in [2.75, 3.05) is 5.32 Å². The Hall–Kier alpha value is -2.50. The lowest BCUT2D eigenvalue weighted by molar-refractivity contribution is -0.385. The summed E-state index contributed by atoms with van der Waals surface area (Å²) < 4.78 is 26.5. The summed E-state index contributed by atoms with van der Waals surface area (Å²) in [6, 6.07) is 8.78. The molecule has 2 aromatic rings. The first-order valence-corrected chi connectivity index (χ1v) is 5.03. The van der Waals surface area contributed by atoms with Gasteiger partial charge in [-0.25, -0.2) is 8.78 Å². The molecule has 2 aromatic carbocycles. The summed E-state index contributed by atoms with van der Waals surface area (Å²) in [5.74, 6) is -1.28. The molecule has 0 saturated heterocycles. The van der Waals surface area contributed by atoms with Crippen LogP contribution in [-0.4, -0.2) is 4.92 Å². The van der Waals surface area contributed by atoms with Gasteiger partial charge in [0.05, 0.1) is 16.7 Å². The van der Waals surface area contributed by atoms with E-state index in [0.717, 1.165) is 18.2 Å². The minimum Gasteiger partial charge on any atom is -0.353 e. The highest BCUT2D eigenvalue weighted by molar-refractivity contribution is 5.62. The van der Waals surface area contributed by atoms with E-state index in [9.17, 15) is 18.9 Å². The fraction of sp³-hybridized carbons (Fsp3) is 0. The van der Waals surface area contributed by atoms with Crippen molar-refractivity contribution in [2.45, 2.75) is 0 Å². The fourth-order valence-electron chi connectivity index (χ4n) is 1.47. The molecule has 0 spiro atoms. The molecule has 0 aliphatic carbocycles. The molecule has 92 valence electrons. The zero-order valence-electron chi connectivity index (χ0n) is 9.06. The molecule has 0 radical (unpaired) electrons. The van der Waals surface area contributed by atoms with Crippen molar-refractivity contribution in [3.63, 3.8) is 0 Å². The Balaban J connectivity index is 2.35. The average Bonchev–Trinajstić information content (AvgIpc) is 2.31. The standard InChI is InChI=1S/C12H8F2N2O2/c13-8-5-9(7-10(6-8)16(17)18)15-12-4-2-1-3-11(12)14/h1-7,15H. The number of hydrogen-bond donors (Lipinski definition) is 1. The molecule has 0 saturated carbocycles. The summed E-state index contributed by atoms with van der Waals surface area (Å²) in [5, 5.41) is 13.2. The van der Waals surface area contributed by atoms with E-state index in [1.54, 1.807) is 6.07 Å². The molecule has 4 nitrogen and oxygen atoms in total. The molecule has 0 atom stereocenters. The van der Waals surface area contributed by atoms with Gasteiger partial charge < -0.3 is 5.32 Å². The van der Waals surface area contributed by atoms with Crippen LogP contribution in [-0.2, 0) is 0 Å². The highest BCUT2D eigenvalue weighted by Gasteiger charge is 2.10. The third-order valence-corrected chi connectivity index (χ3v) is 2.25. The predicted molar refractivity (Wildman–Crippen MR) is 62.7 cm³/mol. The summed E-state index contributed by atoms with van der Waals surface area (Å²) in [5.41, 5.74) is -0.155. The van der Waals surface area contributed by atoms with E-state index in [-0.39, 0.29) is 11.4 Å². The van der Waals surface area contributed by atoms with Crippen LogP contribution in [0.25, 0.3) is 0 Å². The van der Waals surface area contributed by atoms with Gasteiger partial charge in [0.2, 0.25) is 0 Å². The van der Waals surface area contributed by atoms with Crippen molar-refractivity contribution >= 4 is 17.1 Å². The zero-order valence-corrected chi connectivity index (χ0v) is 9.06. The second-order valence-corrected chi connectivity index (χ2v) is 3.56. The molecule has 0 aromatic heterocycles. The number of nitro groups is 1. The van der Waals surface area contributed by atoms with E-state index >= 15 is 0 Å². The van der Waals surface area contributed by atoms with Crippen molar-refractivity contribution in [1.29, 1.82) is 0 Å². The number of non-ortho nitro benzene ring substituents is 1. The van der Waals surface area contributed by atoms with Crippen LogP contribution in [0, 0.1) is 21.7 Å². The van der Waals surface area contributed by atoms with Crippen molar-refractivity contribution in [2.24, 2.45) is 0 Å². The molecule has 0 fully saturated rings. The molecular formula is C12H8F2N2O2. The van der Waals surface area contributed by atoms with Gasteiger partial charge in [0, 0.05) is 11.8 Å². The van der Waals surface area contributed by atoms with Crippen LogP contribution in [0.5, 0.6) is 0 Å². The largest absolute Gasteiger partial charge is 0.353 e. The number of nitro benzene ring substituents is 1. The number of nitrogens with zero attached hydrogens (tertiary/aromatic N) is 1. The van der Waals surface area contributed by atoms with Gasteiger partial charge in [-0.05, 0) is 18.2 Å². The zero-order chi connectivity index (χ0) is 13.1. The van der Waals surface area contributed by atoms with Gasteiger partial charge in [-0.15, -0.1) is 0 Å². The minimum absolute atomic E-state index is 0.117. The lowest BCUT2D eigenvalue weighted by Crippen LogP contribution is -1.96. The summed E-state index contributed by atoms with van der Waals surface area (Å²) in [7, 11) is 0. The SMILES string of the molecule is O=[N+]([O-])c1cc(F)cc(Nc2ccccc2F)c1. The molecular weight excluding hydrogens is 242 g/mol. The number of nitrogens with one attached hydrogen (secondary N) is 1. The van der Waals surface area contributed by atoms with Crippen molar-refractivity contribution in [3.05, 3.63) is 64.2 Å².